The highest BCUT2D eigenvalue weighted by molar-refractivity contribution is 6.06. The van der Waals surface area contributed by atoms with Gasteiger partial charge in [0.1, 0.15) is 0 Å². The number of nitrogens with zero attached hydrogens (tertiary/aromatic N) is 4. The van der Waals surface area contributed by atoms with Crippen LogP contribution in [0.4, 0.5) is 0 Å². The Hall–Kier alpha value is -2.99. The third-order valence-corrected chi connectivity index (χ3v) is 5.45. The van der Waals surface area contributed by atoms with Gasteiger partial charge in [0.25, 0.3) is 11.5 Å². The van der Waals surface area contributed by atoms with Crippen molar-refractivity contribution in [3.63, 3.8) is 0 Å². The molecule has 4 rings (SSSR count). The van der Waals surface area contributed by atoms with E-state index in [1.165, 1.54) is 6.07 Å². The zero-order chi connectivity index (χ0) is 19.5. The molecule has 6 heteroatoms. The van der Waals surface area contributed by atoms with Crippen molar-refractivity contribution in [3.8, 4) is 0 Å². The Morgan fingerprint density at radius 3 is 2.54 bits per heavy atom. The predicted octanol–water partition coefficient (Wildman–Crippen LogP) is 1.93. The van der Waals surface area contributed by atoms with Crippen molar-refractivity contribution >= 4 is 16.8 Å². The molecule has 0 saturated carbocycles. The van der Waals surface area contributed by atoms with Gasteiger partial charge < -0.3 is 9.47 Å². The van der Waals surface area contributed by atoms with Crippen molar-refractivity contribution in [2.24, 2.45) is 7.05 Å². The van der Waals surface area contributed by atoms with Gasteiger partial charge in [-0.05, 0) is 18.2 Å². The molecular weight excluding hydrogens is 352 g/mol. The number of hydrogen-bond donors (Lipinski definition) is 0. The van der Waals surface area contributed by atoms with Crippen LogP contribution in [0.5, 0.6) is 0 Å². The summed E-state index contributed by atoms with van der Waals surface area (Å²) >= 11 is 0. The maximum atomic E-state index is 13.1. The minimum absolute atomic E-state index is 0.0572. The lowest BCUT2D eigenvalue weighted by Gasteiger charge is -2.35. The number of para-hydroxylation sites is 1. The summed E-state index contributed by atoms with van der Waals surface area (Å²) in [5.41, 5.74) is 2.22. The molecule has 0 unspecified atom stereocenters. The molecule has 1 aliphatic rings. The Labute approximate surface area is 164 Å². The topological polar surface area (TPSA) is 58.4 Å². The Morgan fingerprint density at radius 1 is 1.04 bits per heavy atom. The van der Waals surface area contributed by atoms with Crippen LogP contribution >= 0.6 is 0 Å². The molecule has 0 spiro atoms. The highest BCUT2D eigenvalue weighted by Gasteiger charge is 2.24. The van der Waals surface area contributed by atoms with Gasteiger partial charge in [-0.25, -0.2) is 0 Å². The molecule has 0 N–H and O–H groups in total. The fraction of sp³-hybridized carbons (Fsp3) is 0.318. The standard InChI is InChI=1S/C22H24N4O2/c1-24-20-8-3-2-7-18(20)19(16-21(24)27)22(28)26-14-12-25(13-15-26)11-9-17-6-4-5-10-23-17/h2-8,10,16H,9,11-15H2,1H3. The highest BCUT2D eigenvalue weighted by Crippen LogP contribution is 2.19. The van der Waals surface area contributed by atoms with Crippen molar-refractivity contribution in [1.82, 2.24) is 19.4 Å². The molecule has 1 fully saturated rings. The van der Waals surface area contributed by atoms with Crippen molar-refractivity contribution in [2.75, 3.05) is 32.7 Å². The zero-order valence-corrected chi connectivity index (χ0v) is 16.0. The molecule has 1 amide bonds. The SMILES string of the molecule is Cn1c(=O)cc(C(=O)N2CCN(CCc3ccccn3)CC2)c2ccccc21. The summed E-state index contributed by atoms with van der Waals surface area (Å²) in [5, 5.41) is 0.826. The number of amides is 1. The van der Waals surface area contributed by atoms with Crippen molar-refractivity contribution in [2.45, 2.75) is 6.42 Å². The van der Waals surface area contributed by atoms with E-state index in [1.807, 2.05) is 53.6 Å². The minimum atomic E-state index is -0.156. The lowest BCUT2D eigenvalue weighted by atomic mass is 10.1. The molecule has 0 bridgehead atoms. The van der Waals surface area contributed by atoms with Crippen LogP contribution in [-0.2, 0) is 13.5 Å². The van der Waals surface area contributed by atoms with E-state index in [2.05, 4.69) is 9.88 Å². The number of aromatic nitrogens is 2. The van der Waals surface area contributed by atoms with Crippen molar-refractivity contribution in [1.29, 1.82) is 0 Å². The predicted molar refractivity (Wildman–Crippen MR) is 109 cm³/mol. The fourth-order valence-corrected chi connectivity index (χ4v) is 3.75. The Kier molecular flexibility index (Phi) is 5.21. The van der Waals surface area contributed by atoms with Crippen molar-refractivity contribution in [3.05, 3.63) is 76.3 Å². The van der Waals surface area contributed by atoms with Gasteiger partial charge >= 0.3 is 0 Å². The summed E-state index contributed by atoms with van der Waals surface area (Å²) in [6, 6.07) is 15.0. The van der Waals surface area contributed by atoms with Gasteiger partial charge in [0.05, 0.1) is 11.1 Å². The second-order valence-electron chi connectivity index (χ2n) is 7.18. The Bertz CT molecular complexity index is 1040. The maximum Gasteiger partial charge on any atom is 0.254 e. The van der Waals surface area contributed by atoms with Gasteiger partial charge in [0.2, 0.25) is 0 Å². The van der Waals surface area contributed by atoms with Crippen LogP contribution < -0.4 is 5.56 Å². The molecule has 1 aromatic carbocycles. The number of pyridine rings is 2. The normalized spacial score (nSPS) is 15.1. The number of rotatable bonds is 4. The third-order valence-electron chi connectivity index (χ3n) is 5.45. The smallest absolute Gasteiger partial charge is 0.254 e. The average molecular weight is 376 g/mol. The summed E-state index contributed by atoms with van der Waals surface area (Å²) in [7, 11) is 1.74. The van der Waals surface area contributed by atoms with Gasteiger partial charge in [-0.1, -0.05) is 24.3 Å². The monoisotopic (exact) mass is 376 g/mol. The number of carbonyl (C=O) groups is 1. The van der Waals surface area contributed by atoms with E-state index in [4.69, 9.17) is 0 Å². The summed E-state index contributed by atoms with van der Waals surface area (Å²) in [4.78, 5) is 34.0. The summed E-state index contributed by atoms with van der Waals surface area (Å²) in [6.45, 7) is 3.95. The molecule has 6 nitrogen and oxygen atoms in total. The Balaban J connectivity index is 1.44. The lowest BCUT2D eigenvalue weighted by molar-refractivity contribution is 0.0640. The summed E-state index contributed by atoms with van der Waals surface area (Å²) in [6.07, 6.45) is 2.73. The van der Waals surface area contributed by atoms with Crippen LogP contribution in [0.1, 0.15) is 16.1 Å². The Morgan fingerprint density at radius 2 is 1.79 bits per heavy atom. The first kappa shape index (κ1) is 18.4. The van der Waals surface area contributed by atoms with Gasteiger partial charge in [-0.15, -0.1) is 0 Å². The first-order valence-electron chi connectivity index (χ1n) is 9.64. The molecule has 28 heavy (non-hydrogen) atoms. The van der Waals surface area contributed by atoms with E-state index in [9.17, 15) is 9.59 Å². The lowest BCUT2D eigenvalue weighted by Crippen LogP contribution is -2.49. The van der Waals surface area contributed by atoms with Crippen LogP contribution in [0.25, 0.3) is 10.9 Å². The molecule has 144 valence electrons. The molecular formula is C22H24N4O2. The van der Waals surface area contributed by atoms with Gasteiger partial charge in [0, 0.05) is 69.5 Å². The molecule has 3 aromatic rings. The molecule has 1 aliphatic heterocycles. The van der Waals surface area contributed by atoms with Crippen LogP contribution in [0, 0.1) is 0 Å². The third kappa shape index (κ3) is 3.68. The maximum absolute atomic E-state index is 13.1. The van der Waals surface area contributed by atoms with E-state index in [1.54, 1.807) is 11.6 Å². The quantitative estimate of drug-likeness (QED) is 0.698. The summed E-state index contributed by atoms with van der Waals surface area (Å²) < 4.78 is 1.58. The van der Waals surface area contributed by atoms with E-state index < -0.39 is 0 Å². The van der Waals surface area contributed by atoms with Gasteiger partial charge in [-0.3, -0.25) is 19.5 Å². The molecule has 2 aromatic heterocycles. The molecule has 3 heterocycles. The van der Waals surface area contributed by atoms with Gasteiger partial charge in [-0.2, -0.15) is 0 Å². The van der Waals surface area contributed by atoms with Crippen molar-refractivity contribution < 1.29 is 4.79 Å². The second kappa shape index (κ2) is 7.94. The average Bonchev–Trinajstić information content (AvgIpc) is 2.75. The molecule has 0 aliphatic carbocycles. The van der Waals surface area contributed by atoms with Crippen LogP contribution in [0.3, 0.4) is 0 Å². The first-order chi connectivity index (χ1) is 13.6. The summed E-state index contributed by atoms with van der Waals surface area (Å²) in [5.74, 6) is -0.0572. The number of benzene rings is 1. The van der Waals surface area contributed by atoms with Crippen LogP contribution in [0.15, 0.2) is 59.5 Å². The van der Waals surface area contributed by atoms with Crippen LogP contribution in [0.2, 0.25) is 0 Å². The minimum Gasteiger partial charge on any atom is -0.336 e. The van der Waals surface area contributed by atoms with E-state index in [0.29, 0.717) is 18.7 Å². The largest absolute Gasteiger partial charge is 0.336 e. The van der Waals surface area contributed by atoms with E-state index in [0.717, 1.165) is 42.7 Å². The van der Waals surface area contributed by atoms with E-state index in [-0.39, 0.29) is 11.5 Å². The number of piperazine rings is 1. The molecule has 0 radical (unpaired) electrons. The number of hydrogen-bond acceptors (Lipinski definition) is 4. The fourth-order valence-electron chi connectivity index (χ4n) is 3.75. The number of fused-ring (bicyclic) bond motifs is 1. The second-order valence-corrected chi connectivity index (χ2v) is 7.18. The van der Waals surface area contributed by atoms with Crippen LogP contribution in [-0.4, -0.2) is 58.0 Å². The zero-order valence-electron chi connectivity index (χ0n) is 16.0. The number of aryl methyl sites for hydroxylation is 1. The highest BCUT2D eigenvalue weighted by atomic mass is 16.2. The van der Waals surface area contributed by atoms with E-state index >= 15 is 0 Å². The van der Waals surface area contributed by atoms with Gasteiger partial charge in [0.15, 0.2) is 0 Å². The first-order valence-corrected chi connectivity index (χ1v) is 9.64. The molecule has 0 atom stereocenters. The molecule has 1 saturated heterocycles. The number of carbonyl (C=O) groups excluding carboxylic acids is 1.